The highest BCUT2D eigenvalue weighted by Crippen LogP contribution is 2.33. The van der Waals surface area contributed by atoms with E-state index in [4.69, 9.17) is 9.47 Å². The van der Waals surface area contributed by atoms with E-state index < -0.39 is 0 Å². The number of nitrogens with zero attached hydrogens (tertiary/aromatic N) is 1. The van der Waals surface area contributed by atoms with Crippen molar-refractivity contribution < 1.29 is 14.3 Å². The van der Waals surface area contributed by atoms with E-state index in [0.717, 1.165) is 5.56 Å². The zero-order valence-corrected chi connectivity index (χ0v) is 16.6. The smallest absolute Gasteiger partial charge is 0.251 e. The van der Waals surface area contributed by atoms with Crippen molar-refractivity contribution in [1.29, 1.82) is 0 Å². The Kier molecular flexibility index (Phi) is 7.24. The molecule has 140 valence electrons. The minimum atomic E-state index is -0.139. The number of hydrogen-bond acceptors (Lipinski definition) is 5. The number of amides is 1. The van der Waals surface area contributed by atoms with Crippen LogP contribution in [-0.2, 0) is 6.42 Å². The van der Waals surface area contributed by atoms with E-state index in [2.05, 4.69) is 22.9 Å². The Labute approximate surface area is 159 Å². The van der Waals surface area contributed by atoms with Gasteiger partial charge in [-0.15, -0.1) is 17.9 Å². The Balaban J connectivity index is 2.20. The third-order valence-corrected chi connectivity index (χ3v) is 5.11. The molecule has 0 fully saturated rings. The van der Waals surface area contributed by atoms with Crippen LogP contribution in [0.1, 0.15) is 26.8 Å². The lowest BCUT2D eigenvalue weighted by molar-refractivity contribution is 0.0941. The van der Waals surface area contributed by atoms with Crippen LogP contribution in [0.25, 0.3) is 0 Å². The van der Waals surface area contributed by atoms with Crippen molar-refractivity contribution in [2.24, 2.45) is 0 Å². The lowest BCUT2D eigenvalue weighted by Gasteiger charge is -2.23. The lowest BCUT2D eigenvalue weighted by atomic mass is 10.0. The van der Waals surface area contributed by atoms with Crippen molar-refractivity contribution in [2.75, 3.05) is 34.9 Å². The molecular weight excluding hydrogens is 348 g/mol. The van der Waals surface area contributed by atoms with Gasteiger partial charge >= 0.3 is 0 Å². The van der Waals surface area contributed by atoms with Gasteiger partial charge in [-0.05, 0) is 44.1 Å². The maximum atomic E-state index is 12.7. The molecule has 1 atom stereocenters. The van der Waals surface area contributed by atoms with Crippen LogP contribution in [0.3, 0.4) is 0 Å². The van der Waals surface area contributed by atoms with E-state index in [1.54, 1.807) is 37.7 Å². The first kappa shape index (κ1) is 20.0. The quantitative estimate of drug-likeness (QED) is 0.682. The van der Waals surface area contributed by atoms with Crippen LogP contribution >= 0.6 is 11.3 Å². The van der Waals surface area contributed by atoms with Crippen molar-refractivity contribution in [3.63, 3.8) is 0 Å². The number of benzene rings is 1. The van der Waals surface area contributed by atoms with E-state index in [9.17, 15) is 4.79 Å². The van der Waals surface area contributed by atoms with Gasteiger partial charge in [0, 0.05) is 22.5 Å². The molecule has 0 aliphatic heterocycles. The fourth-order valence-corrected chi connectivity index (χ4v) is 3.71. The zero-order valence-electron chi connectivity index (χ0n) is 15.7. The molecule has 0 aliphatic rings. The van der Waals surface area contributed by atoms with Gasteiger partial charge in [-0.2, -0.15) is 0 Å². The Bertz CT molecular complexity index is 742. The SMILES string of the molecule is C=CCc1cc(C(=O)NCC(c2cccs2)N(C)C)cc(OC)c1OC. The second kappa shape index (κ2) is 9.40. The molecule has 1 N–H and O–H groups in total. The standard InChI is InChI=1S/C20H26N2O3S/c1-6-8-14-11-15(12-17(24-4)19(14)25-5)20(23)21-13-16(22(2)3)18-9-7-10-26-18/h6-7,9-12,16H,1,8,13H2,2-5H3,(H,21,23). The summed E-state index contributed by atoms with van der Waals surface area (Å²) in [5.41, 5.74) is 1.41. The van der Waals surface area contributed by atoms with Crippen LogP contribution in [0.4, 0.5) is 0 Å². The van der Waals surface area contributed by atoms with Crippen molar-refractivity contribution in [2.45, 2.75) is 12.5 Å². The largest absolute Gasteiger partial charge is 0.493 e. The second-order valence-electron chi connectivity index (χ2n) is 6.07. The van der Waals surface area contributed by atoms with Gasteiger partial charge in [0.15, 0.2) is 11.5 Å². The highest BCUT2D eigenvalue weighted by molar-refractivity contribution is 7.10. The second-order valence-corrected chi connectivity index (χ2v) is 7.05. The van der Waals surface area contributed by atoms with Gasteiger partial charge in [-0.25, -0.2) is 0 Å². The van der Waals surface area contributed by atoms with Crippen LogP contribution in [0.2, 0.25) is 0 Å². The van der Waals surface area contributed by atoms with E-state index >= 15 is 0 Å². The minimum Gasteiger partial charge on any atom is -0.493 e. The fourth-order valence-electron chi connectivity index (χ4n) is 2.79. The molecule has 2 aromatic rings. The fraction of sp³-hybridized carbons (Fsp3) is 0.350. The molecule has 0 saturated heterocycles. The number of rotatable bonds is 9. The summed E-state index contributed by atoms with van der Waals surface area (Å²) in [7, 11) is 7.17. The molecule has 0 saturated carbocycles. The molecule has 0 bridgehead atoms. The lowest BCUT2D eigenvalue weighted by Crippen LogP contribution is -2.34. The van der Waals surface area contributed by atoms with Crippen molar-refractivity contribution >= 4 is 17.2 Å². The van der Waals surface area contributed by atoms with Gasteiger partial charge in [0.1, 0.15) is 0 Å². The summed E-state index contributed by atoms with van der Waals surface area (Å²) in [6, 6.07) is 7.77. The van der Waals surface area contributed by atoms with E-state index in [1.807, 2.05) is 31.6 Å². The van der Waals surface area contributed by atoms with Gasteiger partial charge in [-0.1, -0.05) is 12.1 Å². The molecule has 6 heteroatoms. The highest BCUT2D eigenvalue weighted by atomic mass is 32.1. The summed E-state index contributed by atoms with van der Waals surface area (Å²) in [6.45, 7) is 4.29. The van der Waals surface area contributed by atoms with E-state index in [-0.39, 0.29) is 11.9 Å². The minimum absolute atomic E-state index is 0.131. The van der Waals surface area contributed by atoms with Crippen LogP contribution < -0.4 is 14.8 Å². The molecule has 2 rings (SSSR count). The number of carbonyl (C=O) groups excluding carboxylic acids is 1. The average molecular weight is 375 g/mol. The summed E-state index contributed by atoms with van der Waals surface area (Å²) >= 11 is 1.69. The van der Waals surface area contributed by atoms with Gasteiger partial charge in [0.25, 0.3) is 5.91 Å². The van der Waals surface area contributed by atoms with Gasteiger partial charge in [0.05, 0.1) is 20.3 Å². The van der Waals surface area contributed by atoms with Gasteiger partial charge in [-0.3, -0.25) is 4.79 Å². The average Bonchev–Trinajstić information content (AvgIpc) is 3.15. The summed E-state index contributed by atoms with van der Waals surface area (Å²) in [4.78, 5) is 16.0. The Hall–Kier alpha value is -2.31. The number of likely N-dealkylation sites (N-methyl/N-ethyl adjacent to an activating group) is 1. The number of allylic oxidation sites excluding steroid dienone is 1. The molecular formula is C20H26N2O3S. The third-order valence-electron chi connectivity index (χ3n) is 4.13. The molecule has 1 amide bonds. The van der Waals surface area contributed by atoms with Crippen molar-refractivity contribution in [1.82, 2.24) is 10.2 Å². The predicted octanol–water partition coefficient (Wildman–Crippen LogP) is 3.53. The molecule has 5 nitrogen and oxygen atoms in total. The first-order valence-corrected chi connectivity index (χ1v) is 9.23. The first-order chi connectivity index (χ1) is 12.5. The third kappa shape index (κ3) is 4.65. The molecule has 0 spiro atoms. The molecule has 1 aromatic heterocycles. The Morgan fingerprint density at radius 1 is 1.35 bits per heavy atom. The summed E-state index contributed by atoms with van der Waals surface area (Å²) in [5, 5.41) is 5.08. The normalized spacial score (nSPS) is 11.9. The molecule has 1 heterocycles. The van der Waals surface area contributed by atoms with Gasteiger partial charge < -0.3 is 19.7 Å². The molecule has 1 unspecified atom stereocenters. The zero-order chi connectivity index (χ0) is 19.1. The van der Waals surface area contributed by atoms with Crippen LogP contribution in [0.5, 0.6) is 11.5 Å². The topological polar surface area (TPSA) is 50.8 Å². The highest BCUT2D eigenvalue weighted by Gasteiger charge is 2.19. The number of methoxy groups -OCH3 is 2. The predicted molar refractivity (Wildman–Crippen MR) is 107 cm³/mol. The number of thiophene rings is 1. The van der Waals surface area contributed by atoms with Crippen LogP contribution in [0.15, 0.2) is 42.3 Å². The van der Waals surface area contributed by atoms with Crippen LogP contribution in [-0.4, -0.2) is 45.7 Å². The molecule has 0 aliphatic carbocycles. The Morgan fingerprint density at radius 3 is 2.65 bits per heavy atom. The number of nitrogens with one attached hydrogen (secondary N) is 1. The van der Waals surface area contributed by atoms with E-state index in [1.165, 1.54) is 4.88 Å². The Morgan fingerprint density at radius 2 is 2.12 bits per heavy atom. The van der Waals surface area contributed by atoms with E-state index in [0.29, 0.717) is 30.0 Å². The maximum absolute atomic E-state index is 12.7. The number of carbonyl (C=O) groups is 1. The van der Waals surface area contributed by atoms with Crippen molar-refractivity contribution in [3.8, 4) is 11.5 Å². The number of ether oxygens (including phenoxy) is 2. The maximum Gasteiger partial charge on any atom is 0.251 e. The molecule has 0 radical (unpaired) electrons. The molecule has 1 aromatic carbocycles. The summed E-state index contributed by atoms with van der Waals surface area (Å²) < 4.78 is 10.8. The van der Waals surface area contributed by atoms with Gasteiger partial charge in [0.2, 0.25) is 0 Å². The van der Waals surface area contributed by atoms with Crippen LogP contribution in [0, 0.1) is 0 Å². The summed E-state index contributed by atoms with van der Waals surface area (Å²) in [6.07, 6.45) is 2.37. The number of hydrogen-bond donors (Lipinski definition) is 1. The summed E-state index contributed by atoms with van der Waals surface area (Å²) in [5.74, 6) is 1.03. The van der Waals surface area contributed by atoms with Crippen molar-refractivity contribution in [3.05, 3.63) is 58.3 Å². The first-order valence-electron chi connectivity index (χ1n) is 8.35. The molecule has 26 heavy (non-hydrogen) atoms. The monoisotopic (exact) mass is 374 g/mol.